The Hall–Kier alpha value is -5.90. The molecule has 0 saturated carbocycles. The quantitative estimate of drug-likeness (QED) is 0.153. The van der Waals surface area contributed by atoms with E-state index in [9.17, 15) is 14.7 Å². The first-order valence-electron chi connectivity index (χ1n) is 17.4. The van der Waals surface area contributed by atoms with Crippen molar-refractivity contribution in [2.45, 2.75) is 31.5 Å². The molecule has 7 aromatic rings. The molecule has 0 spiro atoms. The van der Waals surface area contributed by atoms with E-state index in [0.717, 1.165) is 71.6 Å². The van der Waals surface area contributed by atoms with Gasteiger partial charge in [-0.05, 0) is 54.3 Å². The van der Waals surface area contributed by atoms with Crippen LogP contribution in [0.1, 0.15) is 46.5 Å². The molecule has 3 N–H and O–H groups in total. The fraction of sp³-hybridized carbons (Fsp3) is 0.190. The van der Waals surface area contributed by atoms with Crippen LogP contribution in [-0.4, -0.2) is 55.1 Å². The van der Waals surface area contributed by atoms with E-state index in [2.05, 4.69) is 39.5 Å². The lowest BCUT2D eigenvalue weighted by Crippen LogP contribution is -2.36. The topological polar surface area (TPSA) is 116 Å². The molecule has 0 bridgehead atoms. The molecular formula is C42H38N6O3. The number of nitrogens with one attached hydrogen (secondary N) is 2. The number of aromatic amines is 1. The molecule has 9 heteroatoms. The number of aliphatic hydroxyl groups excluding tert-OH is 1. The average Bonchev–Trinajstić information content (AvgIpc) is 3.53. The zero-order chi connectivity index (χ0) is 34.7. The highest BCUT2D eigenvalue weighted by Crippen LogP contribution is 2.32. The van der Waals surface area contributed by atoms with Crippen molar-refractivity contribution >= 4 is 28.0 Å². The number of imidazole rings is 1. The van der Waals surface area contributed by atoms with Crippen molar-refractivity contribution in [3.63, 3.8) is 0 Å². The third-order valence-corrected chi connectivity index (χ3v) is 9.79. The minimum atomic E-state index is -0.804. The number of fused-ring (bicyclic) bond motifs is 2. The summed E-state index contributed by atoms with van der Waals surface area (Å²) >= 11 is 0. The highest BCUT2D eigenvalue weighted by atomic mass is 16.3. The standard InChI is InChI=1S/C42H38N6O3/c49-38(29-9-3-1-4-10-29)26-43-41(50)32-19-20-34-36(25-32)45-40(39(44-34)30-11-5-2-6-12-30)31-17-15-28(16-18-31)27-47-23-21-33(22-24-47)48-37-14-8-7-13-35(37)46-42(48)51/h1-20,25,33,38,49H,21-24,26-27H2,(H,43,50)(H,46,51). The molecule has 0 aliphatic carbocycles. The number of hydrogen-bond donors (Lipinski definition) is 3. The third kappa shape index (κ3) is 6.81. The zero-order valence-corrected chi connectivity index (χ0v) is 28.1. The number of aromatic nitrogens is 4. The number of nitrogens with zero attached hydrogens (tertiary/aromatic N) is 4. The Balaban J connectivity index is 1.00. The number of likely N-dealkylation sites (tertiary alicyclic amines) is 1. The van der Waals surface area contributed by atoms with E-state index in [0.29, 0.717) is 16.6 Å². The first-order chi connectivity index (χ1) is 25.0. The average molecular weight is 675 g/mol. The molecular weight excluding hydrogens is 637 g/mol. The lowest BCUT2D eigenvalue weighted by molar-refractivity contribution is 0.0916. The molecule has 1 atom stereocenters. The Morgan fingerprint density at radius 2 is 1.43 bits per heavy atom. The van der Waals surface area contributed by atoms with Crippen molar-refractivity contribution in [2.24, 2.45) is 0 Å². The van der Waals surface area contributed by atoms with Crippen molar-refractivity contribution in [3.8, 4) is 22.5 Å². The SMILES string of the molecule is O=C(NCC(O)c1ccccc1)c1ccc2nc(-c3ccccc3)c(-c3ccc(CN4CCC(n5c(=O)[nH]c6ccccc65)CC4)cc3)nc2c1. The van der Waals surface area contributed by atoms with E-state index >= 15 is 0 Å². The minimum Gasteiger partial charge on any atom is -0.387 e. The van der Waals surface area contributed by atoms with Gasteiger partial charge in [0.1, 0.15) is 0 Å². The van der Waals surface area contributed by atoms with Crippen LogP contribution < -0.4 is 11.0 Å². The molecule has 254 valence electrons. The van der Waals surface area contributed by atoms with Gasteiger partial charge in [0.25, 0.3) is 5.91 Å². The zero-order valence-electron chi connectivity index (χ0n) is 28.1. The first kappa shape index (κ1) is 32.3. The van der Waals surface area contributed by atoms with E-state index in [-0.39, 0.29) is 24.2 Å². The smallest absolute Gasteiger partial charge is 0.326 e. The Labute approximate surface area is 295 Å². The van der Waals surface area contributed by atoms with Gasteiger partial charge in [0.05, 0.1) is 39.6 Å². The summed E-state index contributed by atoms with van der Waals surface area (Å²) in [4.78, 5) is 41.4. The second-order valence-corrected chi connectivity index (χ2v) is 13.1. The molecule has 1 saturated heterocycles. The number of para-hydroxylation sites is 2. The number of piperidine rings is 1. The Morgan fingerprint density at radius 3 is 2.18 bits per heavy atom. The molecule has 1 fully saturated rings. The molecule has 1 aliphatic heterocycles. The van der Waals surface area contributed by atoms with Gasteiger partial charge in [-0.3, -0.25) is 14.3 Å². The predicted octanol–water partition coefficient (Wildman–Crippen LogP) is 6.91. The van der Waals surface area contributed by atoms with Gasteiger partial charge in [0.15, 0.2) is 0 Å². The minimum absolute atomic E-state index is 0.0323. The summed E-state index contributed by atoms with van der Waals surface area (Å²) in [5.41, 5.74) is 8.93. The number of hydrogen-bond acceptors (Lipinski definition) is 6. The van der Waals surface area contributed by atoms with Gasteiger partial charge in [-0.15, -0.1) is 0 Å². The summed E-state index contributed by atoms with van der Waals surface area (Å²) in [5, 5.41) is 13.4. The molecule has 0 radical (unpaired) electrons. The summed E-state index contributed by atoms with van der Waals surface area (Å²) in [5.74, 6) is -0.288. The molecule has 2 aromatic heterocycles. The first-order valence-corrected chi connectivity index (χ1v) is 17.4. The fourth-order valence-electron chi connectivity index (χ4n) is 7.08. The van der Waals surface area contributed by atoms with Gasteiger partial charge in [0.2, 0.25) is 0 Å². The number of benzene rings is 5. The van der Waals surface area contributed by atoms with E-state index in [1.807, 2.05) is 95.6 Å². The maximum Gasteiger partial charge on any atom is 0.326 e. The Kier molecular flexibility index (Phi) is 8.96. The van der Waals surface area contributed by atoms with Crippen LogP contribution in [0.2, 0.25) is 0 Å². The van der Waals surface area contributed by atoms with Crippen LogP contribution in [0.15, 0.2) is 132 Å². The molecule has 5 aromatic carbocycles. The van der Waals surface area contributed by atoms with E-state index < -0.39 is 6.10 Å². The highest BCUT2D eigenvalue weighted by Gasteiger charge is 2.24. The van der Waals surface area contributed by atoms with Crippen LogP contribution in [-0.2, 0) is 6.54 Å². The van der Waals surface area contributed by atoms with Crippen molar-refractivity contribution < 1.29 is 9.90 Å². The number of rotatable bonds is 9. The van der Waals surface area contributed by atoms with Crippen LogP contribution in [0.5, 0.6) is 0 Å². The van der Waals surface area contributed by atoms with Gasteiger partial charge in [0, 0.05) is 48.9 Å². The van der Waals surface area contributed by atoms with E-state index in [4.69, 9.17) is 9.97 Å². The molecule has 1 unspecified atom stereocenters. The second-order valence-electron chi connectivity index (χ2n) is 13.1. The molecule has 8 rings (SSSR count). The maximum atomic E-state index is 13.1. The predicted molar refractivity (Wildman–Crippen MR) is 200 cm³/mol. The van der Waals surface area contributed by atoms with Crippen LogP contribution in [0, 0.1) is 0 Å². The van der Waals surface area contributed by atoms with Crippen LogP contribution in [0.3, 0.4) is 0 Å². The van der Waals surface area contributed by atoms with E-state index in [1.54, 1.807) is 12.1 Å². The summed E-state index contributed by atoms with van der Waals surface area (Å²) in [7, 11) is 0. The number of H-pyrrole nitrogens is 1. The van der Waals surface area contributed by atoms with Crippen molar-refractivity contribution in [3.05, 3.63) is 155 Å². The summed E-state index contributed by atoms with van der Waals surface area (Å²) in [6.07, 6.45) is 1.03. The number of carbonyl (C=O) groups is 1. The van der Waals surface area contributed by atoms with Gasteiger partial charge in [-0.25, -0.2) is 14.8 Å². The number of amides is 1. The van der Waals surface area contributed by atoms with Gasteiger partial charge < -0.3 is 15.4 Å². The molecule has 51 heavy (non-hydrogen) atoms. The molecule has 9 nitrogen and oxygen atoms in total. The number of aliphatic hydroxyl groups is 1. The Bertz CT molecular complexity index is 2360. The monoisotopic (exact) mass is 674 g/mol. The van der Waals surface area contributed by atoms with Crippen LogP contribution in [0.4, 0.5) is 0 Å². The lowest BCUT2D eigenvalue weighted by Gasteiger charge is -2.32. The van der Waals surface area contributed by atoms with Gasteiger partial charge >= 0.3 is 5.69 Å². The summed E-state index contributed by atoms with van der Waals surface area (Å²) in [6, 6.07) is 41.2. The van der Waals surface area contributed by atoms with Crippen molar-refractivity contribution in [2.75, 3.05) is 19.6 Å². The normalized spacial score (nSPS) is 14.5. The third-order valence-electron chi connectivity index (χ3n) is 9.79. The van der Waals surface area contributed by atoms with E-state index in [1.165, 1.54) is 5.56 Å². The fourth-order valence-corrected chi connectivity index (χ4v) is 7.08. The van der Waals surface area contributed by atoms with Crippen molar-refractivity contribution in [1.29, 1.82) is 0 Å². The Morgan fingerprint density at radius 1 is 0.784 bits per heavy atom. The molecule has 1 amide bonds. The van der Waals surface area contributed by atoms with Gasteiger partial charge in [-0.1, -0.05) is 97.1 Å². The second kappa shape index (κ2) is 14.1. The number of carbonyl (C=O) groups excluding carboxylic acids is 1. The maximum absolute atomic E-state index is 13.1. The largest absolute Gasteiger partial charge is 0.387 e. The lowest BCUT2D eigenvalue weighted by atomic mass is 10.0. The summed E-state index contributed by atoms with van der Waals surface area (Å²) in [6.45, 7) is 2.74. The molecule has 3 heterocycles. The molecule has 1 aliphatic rings. The van der Waals surface area contributed by atoms with Gasteiger partial charge in [-0.2, -0.15) is 0 Å². The van der Waals surface area contributed by atoms with Crippen LogP contribution in [0.25, 0.3) is 44.6 Å². The van der Waals surface area contributed by atoms with Crippen molar-refractivity contribution in [1.82, 2.24) is 29.7 Å². The summed E-state index contributed by atoms with van der Waals surface area (Å²) < 4.78 is 1.93. The van der Waals surface area contributed by atoms with Crippen LogP contribution >= 0.6 is 0 Å². The highest BCUT2D eigenvalue weighted by molar-refractivity contribution is 5.98.